The molecule has 0 spiro atoms. The average molecular weight is 371 g/mol. The summed E-state index contributed by atoms with van der Waals surface area (Å²) in [5.41, 5.74) is 1.25. The summed E-state index contributed by atoms with van der Waals surface area (Å²) in [6, 6.07) is 10.4. The second kappa shape index (κ2) is 8.14. The van der Waals surface area contributed by atoms with E-state index in [4.69, 9.17) is 9.47 Å². The second-order valence-electron chi connectivity index (χ2n) is 5.76. The van der Waals surface area contributed by atoms with E-state index in [1.165, 1.54) is 13.3 Å². The normalized spacial score (nSPS) is 16.6. The summed E-state index contributed by atoms with van der Waals surface area (Å²) >= 11 is 1.11. The fourth-order valence-electron chi connectivity index (χ4n) is 2.50. The molecular weight excluding hydrogens is 354 g/mol. The third-order valence-corrected chi connectivity index (χ3v) is 5.04. The molecule has 0 saturated carbocycles. The van der Waals surface area contributed by atoms with Gasteiger partial charge in [-0.05, 0) is 36.2 Å². The highest BCUT2D eigenvalue weighted by Gasteiger charge is 2.31. The first-order valence-corrected chi connectivity index (χ1v) is 8.90. The number of carbonyl (C=O) groups excluding carboxylic acids is 3. The lowest BCUT2D eigenvalue weighted by Gasteiger charge is -2.09. The number of thioether (sulfide) groups is 1. The molecule has 1 atom stereocenters. The van der Waals surface area contributed by atoms with Crippen molar-refractivity contribution in [1.82, 2.24) is 4.98 Å². The van der Waals surface area contributed by atoms with Crippen LogP contribution in [0.3, 0.4) is 0 Å². The summed E-state index contributed by atoms with van der Waals surface area (Å²) in [5, 5.41) is -0.359. The van der Waals surface area contributed by atoms with Gasteiger partial charge >= 0.3 is 0 Å². The molecule has 7 heteroatoms. The maximum absolute atomic E-state index is 12.1. The number of aromatic nitrogens is 1. The zero-order valence-electron chi connectivity index (χ0n) is 14.1. The van der Waals surface area contributed by atoms with E-state index in [1.807, 2.05) is 12.1 Å². The van der Waals surface area contributed by atoms with Crippen LogP contribution in [-0.2, 0) is 16.0 Å². The number of hydrogen-bond donors (Lipinski definition) is 0. The number of pyridine rings is 1. The van der Waals surface area contributed by atoms with Crippen molar-refractivity contribution >= 4 is 28.4 Å². The minimum atomic E-state index is -0.294. The summed E-state index contributed by atoms with van der Waals surface area (Å²) in [5.74, 6) is 0.886. The molecule has 1 aliphatic rings. The second-order valence-corrected chi connectivity index (χ2v) is 7.02. The van der Waals surface area contributed by atoms with E-state index in [2.05, 4.69) is 4.98 Å². The first-order chi connectivity index (χ1) is 12.5. The lowest BCUT2D eigenvalue weighted by Crippen LogP contribution is -2.14. The molecule has 26 heavy (non-hydrogen) atoms. The minimum absolute atomic E-state index is 0.0158. The van der Waals surface area contributed by atoms with Gasteiger partial charge in [-0.3, -0.25) is 14.4 Å². The summed E-state index contributed by atoms with van der Waals surface area (Å²) in [7, 11) is 1.53. The quantitative estimate of drug-likeness (QED) is 0.546. The van der Waals surface area contributed by atoms with Crippen LogP contribution in [0.4, 0.5) is 0 Å². The van der Waals surface area contributed by atoms with Crippen molar-refractivity contribution in [2.24, 2.45) is 0 Å². The highest BCUT2D eigenvalue weighted by Crippen LogP contribution is 2.28. The molecule has 1 saturated heterocycles. The number of methoxy groups -OCH3 is 1. The number of nitrogens with zero attached hydrogens (tertiary/aromatic N) is 1. The van der Waals surface area contributed by atoms with Crippen LogP contribution >= 0.6 is 11.8 Å². The highest BCUT2D eigenvalue weighted by atomic mass is 32.2. The van der Waals surface area contributed by atoms with Gasteiger partial charge in [-0.15, -0.1) is 0 Å². The molecule has 0 bridgehead atoms. The van der Waals surface area contributed by atoms with Gasteiger partial charge in [0.25, 0.3) is 0 Å². The Bertz CT molecular complexity index is 817. The molecule has 3 rings (SSSR count). The number of ether oxygens (including phenoxy) is 2. The van der Waals surface area contributed by atoms with Gasteiger partial charge in [0, 0.05) is 0 Å². The number of benzene rings is 1. The smallest absolute Gasteiger partial charge is 0.218 e. The predicted octanol–water partition coefficient (Wildman–Crippen LogP) is 2.50. The summed E-state index contributed by atoms with van der Waals surface area (Å²) < 4.78 is 10.5. The molecular formula is C19H17NO5S. The zero-order chi connectivity index (χ0) is 18.5. The summed E-state index contributed by atoms with van der Waals surface area (Å²) in [6.07, 6.45) is 2.03. The van der Waals surface area contributed by atoms with Gasteiger partial charge in [0.1, 0.15) is 17.2 Å². The Morgan fingerprint density at radius 3 is 2.46 bits per heavy atom. The van der Waals surface area contributed by atoms with E-state index in [0.29, 0.717) is 23.6 Å². The number of rotatable bonds is 7. The molecule has 0 amide bonds. The monoisotopic (exact) mass is 371 g/mol. The summed E-state index contributed by atoms with van der Waals surface area (Å²) in [4.78, 5) is 39.1. The van der Waals surface area contributed by atoms with Gasteiger partial charge in [0.15, 0.2) is 17.5 Å². The van der Waals surface area contributed by atoms with Crippen molar-refractivity contribution in [3.8, 4) is 11.5 Å². The molecule has 134 valence electrons. The van der Waals surface area contributed by atoms with Gasteiger partial charge < -0.3 is 9.47 Å². The zero-order valence-corrected chi connectivity index (χ0v) is 15.0. The van der Waals surface area contributed by atoms with E-state index in [-0.39, 0.29) is 35.0 Å². The van der Waals surface area contributed by atoms with Crippen LogP contribution in [-0.4, -0.2) is 40.6 Å². The molecule has 2 aromatic rings. The van der Waals surface area contributed by atoms with Crippen LogP contribution in [0.2, 0.25) is 0 Å². The molecule has 0 aliphatic carbocycles. The topological polar surface area (TPSA) is 82.6 Å². The standard InChI is InChI=1S/C19H17NO5S/c1-24-14-6-7-15(20-10-14)17(22)11-25-13-4-2-12(3-5-13)8-18-16(21)9-19(23)26-18/h2-7,10,18H,8-9,11H2,1H3. The first-order valence-electron chi connectivity index (χ1n) is 8.02. The van der Waals surface area contributed by atoms with Gasteiger partial charge in [0.2, 0.25) is 5.78 Å². The Morgan fingerprint density at radius 2 is 1.88 bits per heavy atom. The van der Waals surface area contributed by atoms with E-state index in [9.17, 15) is 14.4 Å². The fourth-order valence-corrected chi connectivity index (χ4v) is 3.54. The maximum atomic E-state index is 12.1. The van der Waals surface area contributed by atoms with Crippen molar-refractivity contribution in [2.75, 3.05) is 13.7 Å². The molecule has 1 aromatic carbocycles. The molecule has 2 heterocycles. The lowest BCUT2D eigenvalue weighted by atomic mass is 10.1. The van der Waals surface area contributed by atoms with Crippen molar-refractivity contribution in [3.63, 3.8) is 0 Å². The van der Waals surface area contributed by atoms with Gasteiger partial charge in [-0.2, -0.15) is 0 Å². The largest absolute Gasteiger partial charge is 0.495 e. The van der Waals surface area contributed by atoms with Crippen LogP contribution in [0.15, 0.2) is 42.6 Å². The molecule has 0 N–H and O–H groups in total. The minimum Gasteiger partial charge on any atom is -0.495 e. The number of carbonyl (C=O) groups is 3. The van der Waals surface area contributed by atoms with E-state index < -0.39 is 0 Å². The Hall–Kier alpha value is -2.67. The predicted molar refractivity (Wildman–Crippen MR) is 96.8 cm³/mol. The van der Waals surface area contributed by atoms with Crippen molar-refractivity contribution in [1.29, 1.82) is 0 Å². The Kier molecular flexibility index (Phi) is 5.68. The molecule has 6 nitrogen and oxygen atoms in total. The fraction of sp³-hybridized carbons (Fsp3) is 0.263. The van der Waals surface area contributed by atoms with Crippen LogP contribution in [0, 0.1) is 0 Å². The van der Waals surface area contributed by atoms with Crippen molar-refractivity contribution in [3.05, 3.63) is 53.9 Å². The van der Waals surface area contributed by atoms with Crippen LogP contribution < -0.4 is 9.47 Å². The summed E-state index contributed by atoms with van der Waals surface area (Å²) in [6.45, 7) is -0.121. The van der Waals surface area contributed by atoms with Gasteiger partial charge in [-0.1, -0.05) is 23.9 Å². The number of hydrogen-bond acceptors (Lipinski definition) is 7. The Morgan fingerprint density at radius 1 is 1.15 bits per heavy atom. The van der Waals surface area contributed by atoms with Crippen molar-refractivity contribution < 1.29 is 23.9 Å². The number of Topliss-reactive ketones (excluding diaryl/α,β-unsaturated/α-hetero) is 2. The van der Waals surface area contributed by atoms with Crippen LogP contribution in [0.5, 0.6) is 11.5 Å². The van der Waals surface area contributed by atoms with E-state index in [1.54, 1.807) is 24.3 Å². The maximum Gasteiger partial charge on any atom is 0.218 e. The molecule has 1 aliphatic heterocycles. The highest BCUT2D eigenvalue weighted by molar-refractivity contribution is 8.15. The van der Waals surface area contributed by atoms with E-state index >= 15 is 0 Å². The third kappa shape index (κ3) is 4.49. The first kappa shape index (κ1) is 18.1. The lowest BCUT2D eigenvalue weighted by molar-refractivity contribution is -0.121. The van der Waals surface area contributed by atoms with Crippen molar-refractivity contribution in [2.45, 2.75) is 18.1 Å². The SMILES string of the molecule is COc1ccc(C(=O)COc2ccc(CC3SC(=O)CC3=O)cc2)nc1. The third-order valence-electron chi connectivity index (χ3n) is 3.92. The van der Waals surface area contributed by atoms with Gasteiger partial charge in [0.05, 0.1) is 25.0 Å². The number of ketones is 2. The van der Waals surface area contributed by atoms with Gasteiger partial charge in [-0.25, -0.2) is 4.98 Å². The average Bonchev–Trinajstić information content (AvgIpc) is 2.98. The molecule has 0 radical (unpaired) electrons. The molecule has 1 unspecified atom stereocenters. The van der Waals surface area contributed by atoms with Crippen LogP contribution in [0.25, 0.3) is 0 Å². The Balaban J connectivity index is 1.53. The van der Waals surface area contributed by atoms with E-state index in [0.717, 1.165) is 17.3 Å². The molecule has 1 fully saturated rings. The molecule has 1 aromatic heterocycles. The Labute approximate surface area is 154 Å². The van der Waals surface area contributed by atoms with Crippen LogP contribution in [0.1, 0.15) is 22.5 Å².